The SMILES string of the molecule is CCC(C)C(C(CC(=O)N1CCCC1C(OC)C(C)C(=O)NC(C)C(O)c1ccccc1)OC)N(C)C[C@@H](NC(=O)C(C(C)C)N(C)C)C(C)C. The summed E-state index contributed by atoms with van der Waals surface area (Å²) in [5, 5.41) is 17.1. The van der Waals surface area contributed by atoms with Gasteiger partial charge in [0.1, 0.15) is 0 Å². The van der Waals surface area contributed by atoms with Gasteiger partial charge in [-0.05, 0) is 64.2 Å². The summed E-state index contributed by atoms with van der Waals surface area (Å²) in [6.07, 6.45) is 0.903. The van der Waals surface area contributed by atoms with Crippen molar-refractivity contribution in [1.82, 2.24) is 25.3 Å². The van der Waals surface area contributed by atoms with E-state index in [0.717, 1.165) is 24.8 Å². The molecule has 0 aliphatic carbocycles. The van der Waals surface area contributed by atoms with E-state index in [1.165, 1.54) is 0 Å². The Morgan fingerprint density at radius 3 is 2.06 bits per heavy atom. The topological polar surface area (TPSA) is 124 Å². The maximum Gasteiger partial charge on any atom is 0.237 e. The van der Waals surface area contributed by atoms with Gasteiger partial charge < -0.3 is 30.1 Å². The van der Waals surface area contributed by atoms with Crippen LogP contribution in [0.15, 0.2) is 30.3 Å². The molecule has 3 N–H and O–H groups in total. The van der Waals surface area contributed by atoms with E-state index in [0.29, 0.717) is 13.1 Å². The lowest BCUT2D eigenvalue weighted by atomic mass is 9.89. The molecule has 2 rings (SSSR count). The Bertz CT molecular complexity index is 1190. The van der Waals surface area contributed by atoms with Crippen molar-refractivity contribution >= 4 is 17.7 Å². The number of carbonyl (C=O) groups excluding carboxylic acids is 3. The monoisotopic (exact) mass is 718 g/mol. The number of rotatable bonds is 21. The van der Waals surface area contributed by atoms with E-state index in [1.54, 1.807) is 21.1 Å². The first-order valence-electron chi connectivity index (χ1n) is 19.1. The Morgan fingerprint density at radius 2 is 1.55 bits per heavy atom. The lowest BCUT2D eigenvalue weighted by Gasteiger charge is -2.41. The van der Waals surface area contributed by atoms with Crippen LogP contribution in [0.5, 0.6) is 0 Å². The van der Waals surface area contributed by atoms with Gasteiger partial charge in [-0.1, -0.05) is 85.2 Å². The van der Waals surface area contributed by atoms with Crippen LogP contribution in [0.1, 0.15) is 92.7 Å². The zero-order valence-electron chi connectivity index (χ0n) is 33.9. The number of carbonyl (C=O) groups is 3. The highest BCUT2D eigenvalue weighted by Crippen LogP contribution is 2.30. The van der Waals surface area contributed by atoms with E-state index in [1.807, 2.05) is 61.2 Å². The molecule has 1 aliphatic rings. The van der Waals surface area contributed by atoms with Crippen LogP contribution < -0.4 is 10.6 Å². The number of nitrogens with one attached hydrogen (secondary N) is 2. The third kappa shape index (κ3) is 12.2. The maximum atomic E-state index is 14.2. The highest BCUT2D eigenvalue weighted by Gasteiger charge is 2.42. The number of likely N-dealkylation sites (N-methyl/N-ethyl adjacent to an activating group) is 2. The summed E-state index contributed by atoms with van der Waals surface area (Å²) in [5.74, 6) is -0.184. The van der Waals surface area contributed by atoms with Crippen LogP contribution in [0.3, 0.4) is 0 Å². The molecule has 1 fully saturated rings. The molecule has 0 spiro atoms. The molecule has 1 aromatic rings. The minimum Gasteiger partial charge on any atom is -0.386 e. The Hall–Kier alpha value is -2.57. The number of amides is 3. The Balaban J connectivity index is 2.20. The number of hydrogen-bond donors (Lipinski definition) is 3. The molecule has 0 saturated carbocycles. The van der Waals surface area contributed by atoms with Gasteiger partial charge in [0.25, 0.3) is 0 Å². The van der Waals surface area contributed by atoms with Crippen molar-refractivity contribution in [1.29, 1.82) is 0 Å². The van der Waals surface area contributed by atoms with Crippen molar-refractivity contribution in [3.63, 3.8) is 0 Å². The van der Waals surface area contributed by atoms with Crippen molar-refractivity contribution in [2.75, 3.05) is 48.5 Å². The van der Waals surface area contributed by atoms with Crippen LogP contribution in [0.2, 0.25) is 0 Å². The van der Waals surface area contributed by atoms with Gasteiger partial charge in [-0.3, -0.25) is 24.2 Å². The summed E-state index contributed by atoms with van der Waals surface area (Å²) in [5.41, 5.74) is 0.733. The molecule has 11 nitrogen and oxygen atoms in total. The summed E-state index contributed by atoms with van der Waals surface area (Å²) in [7, 11) is 9.21. The highest BCUT2D eigenvalue weighted by molar-refractivity contribution is 5.82. The molecule has 1 aliphatic heterocycles. The predicted octanol–water partition coefficient (Wildman–Crippen LogP) is 4.35. The van der Waals surface area contributed by atoms with E-state index >= 15 is 0 Å². The highest BCUT2D eigenvalue weighted by atomic mass is 16.5. The molecule has 1 aromatic carbocycles. The van der Waals surface area contributed by atoms with Gasteiger partial charge in [0.2, 0.25) is 17.7 Å². The first-order valence-corrected chi connectivity index (χ1v) is 19.1. The molecular formula is C40H71N5O6. The van der Waals surface area contributed by atoms with Gasteiger partial charge in [-0.25, -0.2) is 0 Å². The Labute approximate surface area is 309 Å². The van der Waals surface area contributed by atoms with E-state index in [4.69, 9.17) is 9.47 Å². The fourth-order valence-electron chi connectivity index (χ4n) is 7.88. The lowest BCUT2D eigenvalue weighted by molar-refractivity contribution is -0.143. The number of aliphatic hydroxyl groups is 1. The zero-order chi connectivity index (χ0) is 38.6. The number of hydrogen-bond acceptors (Lipinski definition) is 8. The van der Waals surface area contributed by atoms with E-state index in [2.05, 4.69) is 64.1 Å². The van der Waals surface area contributed by atoms with Crippen molar-refractivity contribution < 1.29 is 29.0 Å². The molecular weight excluding hydrogens is 646 g/mol. The molecule has 3 amide bonds. The van der Waals surface area contributed by atoms with Crippen molar-refractivity contribution in [2.24, 2.45) is 23.7 Å². The van der Waals surface area contributed by atoms with Gasteiger partial charge in [0, 0.05) is 39.4 Å². The summed E-state index contributed by atoms with van der Waals surface area (Å²) in [4.78, 5) is 47.1. The number of methoxy groups -OCH3 is 2. The van der Waals surface area contributed by atoms with E-state index in [9.17, 15) is 19.5 Å². The number of nitrogens with zero attached hydrogens (tertiary/aromatic N) is 3. The van der Waals surface area contributed by atoms with Crippen LogP contribution in [0, 0.1) is 23.7 Å². The number of aliphatic hydroxyl groups excluding tert-OH is 1. The van der Waals surface area contributed by atoms with E-state index < -0.39 is 24.2 Å². The first kappa shape index (κ1) is 44.6. The van der Waals surface area contributed by atoms with Gasteiger partial charge >= 0.3 is 0 Å². The van der Waals surface area contributed by atoms with Crippen LogP contribution in [-0.2, 0) is 23.9 Å². The summed E-state index contributed by atoms with van der Waals surface area (Å²) in [6.45, 7) is 17.5. The van der Waals surface area contributed by atoms with Crippen molar-refractivity contribution in [2.45, 2.75) is 130 Å². The molecule has 9 unspecified atom stereocenters. The van der Waals surface area contributed by atoms with Crippen LogP contribution >= 0.6 is 0 Å². The average Bonchev–Trinajstić information content (AvgIpc) is 3.57. The summed E-state index contributed by atoms with van der Waals surface area (Å²) < 4.78 is 12.1. The minimum atomic E-state index is -0.849. The number of ether oxygens (including phenoxy) is 2. The largest absolute Gasteiger partial charge is 0.386 e. The predicted molar refractivity (Wildman–Crippen MR) is 204 cm³/mol. The fourth-order valence-corrected chi connectivity index (χ4v) is 7.88. The van der Waals surface area contributed by atoms with Crippen LogP contribution in [0.25, 0.3) is 0 Å². The van der Waals surface area contributed by atoms with E-state index in [-0.39, 0.29) is 72.2 Å². The molecule has 0 bridgehead atoms. The third-order valence-corrected chi connectivity index (χ3v) is 11.0. The molecule has 1 heterocycles. The molecule has 10 atom stereocenters. The lowest BCUT2D eigenvalue weighted by Crippen LogP contribution is -2.57. The first-order chi connectivity index (χ1) is 24.0. The van der Waals surface area contributed by atoms with Crippen molar-refractivity contribution in [3.05, 3.63) is 35.9 Å². The van der Waals surface area contributed by atoms with Gasteiger partial charge in [0.15, 0.2) is 0 Å². The molecule has 0 aromatic heterocycles. The quantitative estimate of drug-likeness (QED) is 0.172. The molecule has 292 valence electrons. The standard InChI is InChI=1S/C40H71N5O6/c1-14-27(6)36(44(11)24-31(25(2)3)42-40(49)35(26(4)5)43(9)10)33(50-12)23-34(46)45-22-18-21-32(45)38(51-13)28(7)39(48)41-29(8)37(47)30-19-16-15-17-20-30/h15-17,19-20,25-29,31-33,35-38,47H,14,18,21-24H2,1-13H3,(H,41,48)(H,42,49)/t27?,28?,29?,31-,32?,33?,35?,36?,37?,38?/m1/s1. The smallest absolute Gasteiger partial charge is 0.237 e. The van der Waals surface area contributed by atoms with Crippen LogP contribution in [0.4, 0.5) is 0 Å². The van der Waals surface area contributed by atoms with Gasteiger partial charge in [0.05, 0.1) is 48.8 Å². The molecule has 51 heavy (non-hydrogen) atoms. The second kappa shape index (κ2) is 21.2. The summed E-state index contributed by atoms with van der Waals surface area (Å²) in [6, 6.07) is 8.12. The minimum absolute atomic E-state index is 0.0203. The van der Waals surface area contributed by atoms with Crippen molar-refractivity contribution in [3.8, 4) is 0 Å². The maximum absolute atomic E-state index is 14.2. The van der Waals surface area contributed by atoms with Gasteiger partial charge in [-0.15, -0.1) is 0 Å². The van der Waals surface area contributed by atoms with Crippen LogP contribution in [-0.4, -0.2) is 128 Å². The fraction of sp³-hybridized carbons (Fsp3) is 0.775. The number of likely N-dealkylation sites (tertiary alicyclic amines) is 1. The second-order valence-corrected chi connectivity index (χ2v) is 15.7. The zero-order valence-corrected chi connectivity index (χ0v) is 33.9. The van der Waals surface area contributed by atoms with Gasteiger partial charge in [-0.2, -0.15) is 0 Å². The third-order valence-electron chi connectivity index (χ3n) is 11.0. The summed E-state index contributed by atoms with van der Waals surface area (Å²) >= 11 is 0. The molecule has 1 saturated heterocycles. The Kier molecular flexibility index (Phi) is 18.5. The normalized spacial score (nSPS) is 20.5. The Morgan fingerprint density at radius 1 is 0.922 bits per heavy atom. The molecule has 0 radical (unpaired) electrons. The molecule has 11 heteroatoms. The average molecular weight is 718 g/mol. The second-order valence-electron chi connectivity index (χ2n) is 15.7. The number of benzene rings is 1.